The van der Waals surface area contributed by atoms with Crippen molar-refractivity contribution >= 4 is 17.7 Å². The van der Waals surface area contributed by atoms with E-state index in [-0.39, 0.29) is 23.9 Å². The van der Waals surface area contributed by atoms with E-state index in [4.69, 9.17) is 9.47 Å². The maximum Gasteiger partial charge on any atom is 0.269 e. The van der Waals surface area contributed by atoms with Crippen LogP contribution in [0.3, 0.4) is 0 Å². The molecule has 1 N–H and O–H groups in total. The number of methoxy groups -OCH3 is 1. The summed E-state index contributed by atoms with van der Waals surface area (Å²) >= 11 is 0. The third kappa shape index (κ3) is 6.07. The number of benzene rings is 2. The number of rotatable bonds is 8. The van der Waals surface area contributed by atoms with E-state index in [1.54, 1.807) is 30.3 Å². The summed E-state index contributed by atoms with van der Waals surface area (Å²) in [7, 11) is 1.50. The van der Waals surface area contributed by atoms with Crippen molar-refractivity contribution in [3.05, 3.63) is 69.3 Å². The summed E-state index contributed by atoms with van der Waals surface area (Å²) in [6, 6.07) is 12.9. The molecule has 0 saturated carbocycles. The van der Waals surface area contributed by atoms with Gasteiger partial charge in [0.1, 0.15) is 18.2 Å². The van der Waals surface area contributed by atoms with Gasteiger partial charge in [-0.15, -0.1) is 0 Å². The Morgan fingerprint density at radius 1 is 1.24 bits per heavy atom. The molecule has 29 heavy (non-hydrogen) atoms. The second kappa shape index (κ2) is 9.90. The van der Waals surface area contributed by atoms with Crippen LogP contribution in [-0.2, 0) is 11.4 Å². The molecule has 2 aromatic carbocycles. The van der Waals surface area contributed by atoms with E-state index in [2.05, 4.69) is 5.32 Å². The van der Waals surface area contributed by atoms with E-state index in [9.17, 15) is 20.2 Å². The van der Waals surface area contributed by atoms with Crippen LogP contribution in [0.15, 0.2) is 48.0 Å². The zero-order valence-electron chi connectivity index (χ0n) is 16.3. The average Bonchev–Trinajstić information content (AvgIpc) is 2.70. The van der Waals surface area contributed by atoms with Gasteiger partial charge in [-0.1, -0.05) is 6.07 Å². The van der Waals surface area contributed by atoms with Crippen molar-refractivity contribution in [3.63, 3.8) is 0 Å². The minimum atomic E-state index is -0.467. The van der Waals surface area contributed by atoms with Crippen molar-refractivity contribution in [2.45, 2.75) is 26.5 Å². The van der Waals surface area contributed by atoms with Crippen LogP contribution in [0.25, 0.3) is 6.08 Å². The first kappa shape index (κ1) is 21.4. The lowest BCUT2D eigenvalue weighted by atomic mass is 10.1. The van der Waals surface area contributed by atoms with Gasteiger partial charge in [-0.2, -0.15) is 5.26 Å². The van der Waals surface area contributed by atoms with Crippen LogP contribution >= 0.6 is 0 Å². The first-order valence-electron chi connectivity index (χ1n) is 8.81. The molecule has 8 nitrogen and oxygen atoms in total. The maximum atomic E-state index is 12.1. The first-order chi connectivity index (χ1) is 13.8. The summed E-state index contributed by atoms with van der Waals surface area (Å²) in [5.41, 5.74) is 1.32. The fourth-order valence-corrected chi connectivity index (χ4v) is 2.43. The Morgan fingerprint density at radius 3 is 2.48 bits per heavy atom. The summed E-state index contributed by atoms with van der Waals surface area (Å²) < 4.78 is 11.1. The lowest BCUT2D eigenvalue weighted by Crippen LogP contribution is -2.30. The molecule has 0 bridgehead atoms. The zero-order valence-corrected chi connectivity index (χ0v) is 16.3. The molecular weight excluding hydrogens is 374 g/mol. The highest BCUT2D eigenvalue weighted by Gasteiger charge is 2.12. The molecule has 1 amide bonds. The van der Waals surface area contributed by atoms with E-state index in [1.165, 1.54) is 25.3 Å². The van der Waals surface area contributed by atoms with Crippen molar-refractivity contribution in [2.24, 2.45) is 0 Å². The number of amides is 1. The van der Waals surface area contributed by atoms with E-state index in [0.717, 1.165) is 5.56 Å². The average molecular weight is 395 g/mol. The quantitative estimate of drug-likeness (QED) is 0.316. The molecule has 0 spiro atoms. The largest absolute Gasteiger partial charge is 0.493 e. The Bertz CT molecular complexity index is 959. The summed E-state index contributed by atoms with van der Waals surface area (Å²) in [4.78, 5) is 22.3. The number of ether oxygens (including phenoxy) is 2. The Balaban J connectivity index is 2.21. The van der Waals surface area contributed by atoms with Crippen molar-refractivity contribution in [1.82, 2.24) is 5.32 Å². The van der Waals surface area contributed by atoms with Crippen molar-refractivity contribution < 1.29 is 19.2 Å². The number of hydrogen-bond donors (Lipinski definition) is 1. The summed E-state index contributed by atoms with van der Waals surface area (Å²) in [6.07, 6.45) is 1.47. The van der Waals surface area contributed by atoms with Gasteiger partial charge in [0.05, 0.1) is 12.0 Å². The number of carbonyl (C=O) groups excluding carboxylic acids is 1. The minimum absolute atomic E-state index is 0.00201. The SMILES string of the molecule is COc1ccc(/C=C(\C#N)C(=O)NC(C)C)cc1OCc1ccc([N+](=O)[O-])cc1. The molecule has 0 atom stereocenters. The van der Waals surface area contributed by atoms with Gasteiger partial charge in [-0.05, 0) is 55.3 Å². The van der Waals surface area contributed by atoms with Crippen LogP contribution in [0.2, 0.25) is 0 Å². The number of nitro benzene ring substituents is 1. The Kier molecular flexibility index (Phi) is 7.32. The predicted molar refractivity (Wildman–Crippen MR) is 107 cm³/mol. The van der Waals surface area contributed by atoms with Gasteiger partial charge < -0.3 is 14.8 Å². The van der Waals surface area contributed by atoms with Crippen molar-refractivity contribution in [1.29, 1.82) is 5.26 Å². The van der Waals surface area contributed by atoms with E-state index >= 15 is 0 Å². The Morgan fingerprint density at radius 2 is 1.93 bits per heavy atom. The Labute approximate surface area is 168 Å². The van der Waals surface area contributed by atoms with Crippen molar-refractivity contribution in [2.75, 3.05) is 7.11 Å². The van der Waals surface area contributed by atoms with Crippen LogP contribution in [0, 0.1) is 21.4 Å². The monoisotopic (exact) mass is 395 g/mol. The number of hydrogen-bond acceptors (Lipinski definition) is 6. The van der Waals surface area contributed by atoms with Gasteiger partial charge in [0, 0.05) is 18.2 Å². The molecular formula is C21H21N3O5. The van der Waals surface area contributed by atoms with Crippen LogP contribution in [0.1, 0.15) is 25.0 Å². The number of nitriles is 1. The number of nitrogens with zero attached hydrogens (tertiary/aromatic N) is 2. The third-order valence-electron chi connectivity index (χ3n) is 3.83. The molecule has 0 saturated heterocycles. The van der Waals surface area contributed by atoms with E-state index in [0.29, 0.717) is 17.1 Å². The Hall–Kier alpha value is -3.86. The molecule has 2 rings (SSSR count). The molecule has 0 heterocycles. The molecule has 150 valence electrons. The molecule has 0 radical (unpaired) electrons. The minimum Gasteiger partial charge on any atom is -0.493 e. The molecule has 2 aromatic rings. The zero-order chi connectivity index (χ0) is 21.4. The maximum absolute atomic E-state index is 12.1. The second-order valence-corrected chi connectivity index (χ2v) is 6.42. The van der Waals surface area contributed by atoms with Gasteiger partial charge in [0.15, 0.2) is 11.5 Å². The number of carbonyl (C=O) groups is 1. The molecule has 0 aliphatic heterocycles. The van der Waals surface area contributed by atoms with Gasteiger partial charge in [0.2, 0.25) is 0 Å². The van der Waals surface area contributed by atoms with E-state index < -0.39 is 10.8 Å². The summed E-state index contributed by atoms with van der Waals surface area (Å²) in [5.74, 6) is 0.446. The van der Waals surface area contributed by atoms with Crippen LogP contribution < -0.4 is 14.8 Å². The lowest BCUT2D eigenvalue weighted by molar-refractivity contribution is -0.384. The van der Waals surface area contributed by atoms with Crippen LogP contribution in [0.5, 0.6) is 11.5 Å². The van der Waals surface area contributed by atoms with Gasteiger partial charge in [-0.3, -0.25) is 14.9 Å². The van der Waals surface area contributed by atoms with Gasteiger partial charge in [0.25, 0.3) is 11.6 Å². The lowest BCUT2D eigenvalue weighted by Gasteiger charge is -2.12. The highest BCUT2D eigenvalue weighted by atomic mass is 16.6. The number of non-ortho nitro benzene ring substituents is 1. The summed E-state index contributed by atoms with van der Waals surface area (Å²) in [5, 5.41) is 22.7. The van der Waals surface area contributed by atoms with Crippen molar-refractivity contribution in [3.8, 4) is 17.6 Å². The highest BCUT2D eigenvalue weighted by molar-refractivity contribution is 6.01. The first-order valence-corrected chi connectivity index (χ1v) is 8.81. The molecule has 0 fully saturated rings. The molecule has 0 aromatic heterocycles. The third-order valence-corrected chi connectivity index (χ3v) is 3.83. The van der Waals surface area contributed by atoms with Gasteiger partial charge >= 0.3 is 0 Å². The number of nitrogens with one attached hydrogen (secondary N) is 1. The topological polar surface area (TPSA) is 114 Å². The normalized spacial score (nSPS) is 10.9. The summed E-state index contributed by atoms with van der Waals surface area (Å²) in [6.45, 7) is 3.79. The highest BCUT2D eigenvalue weighted by Crippen LogP contribution is 2.30. The fourth-order valence-electron chi connectivity index (χ4n) is 2.43. The van der Waals surface area contributed by atoms with Crippen LogP contribution in [0.4, 0.5) is 5.69 Å². The number of nitro groups is 1. The van der Waals surface area contributed by atoms with Gasteiger partial charge in [-0.25, -0.2) is 0 Å². The second-order valence-electron chi connectivity index (χ2n) is 6.42. The predicted octanol–water partition coefficient (Wildman–Crippen LogP) is 3.61. The van der Waals surface area contributed by atoms with E-state index in [1.807, 2.05) is 19.9 Å². The fraction of sp³-hybridized carbons (Fsp3) is 0.238. The standard InChI is InChI=1S/C21H21N3O5/c1-14(2)23-21(25)17(12-22)10-16-6-9-19(28-3)20(11-16)29-13-15-4-7-18(8-5-15)24(26)27/h4-11,14H,13H2,1-3H3,(H,23,25)/b17-10+. The molecule has 8 heteroatoms. The van der Waals surface area contributed by atoms with Crippen LogP contribution in [-0.4, -0.2) is 24.0 Å². The molecule has 0 aliphatic carbocycles. The smallest absolute Gasteiger partial charge is 0.269 e. The molecule has 0 aliphatic rings. The molecule has 0 unspecified atom stereocenters.